The molecule has 0 aromatic carbocycles. The molecule has 3 nitrogen and oxygen atoms in total. The number of carbonyl (C=O) groups excluding carboxylic acids is 1. The maximum Gasteiger partial charge on any atom is 0.237 e. The second-order valence-electron chi connectivity index (χ2n) is 4.03. The summed E-state index contributed by atoms with van der Waals surface area (Å²) in [4.78, 5) is 11.4. The molecule has 80 valence electrons. The van der Waals surface area contributed by atoms with Gasteiger partial charge in [-0.3, -0.25) is 4.79 Å². The van der Waals surface area contributed by atoms with Crippen molar-refractivity contribution in [1.82, 2.24) is 10.6 Å². The minimum absolute atomic E-state index is 0.0740. The zero-order chi connectivity index (χ0) is 9.80. The number of hydrogen-bond donors (Lipinski definition) is 2. The van der Waals surface area contributed by atoms with Crippen LogP contribution in [0.3, 0.4) is 0 Å². The number of carbonyl (C=O) groups is 1. The second kappa shape index (κ2) is 5.03. The van der Waals surface area contributed by atoms with Gasteiger partial charge in [-0.25, -0.2) is 0 Å². The van der Waals surface area contributed by atoms with E-state index in [0.29, 0.717) is 0 Å². The number of nitrogens with one attached hydrogen (secondary N) is 2. The Bertz CT molecular complexity index is 204. The summed E-state index contributed by atoms with van der Waals surface area (Å²) in [5.74, 6) is 1.49. The van der Waals surface area contributed by atoms with Gasteiger partial charge in [0.2, 0.25) is 5.91 Å². The molecule has 2 N–H and O–H groups in total. The normalized spacial score (nSPS) is 33.0. The van der Waals surface area contributed by atoms with Crippen LogP contribution in [-0.2, 0) is 4.79 Å². The maximum absolute atomic E-state index is 11.4. The van der Waals surface area contributed by atoms with Crippen LogP contribution in [0.1, 0.15) is 25.7 Å². The molecule has 2 unspecified atom stereocenters. The molecule has 4 heteroatoms. The Morgan fingerprint density at radius 1 is 1.43 bits per heavy atom. The first kappa shape index (κ1) is 10.3. The fourth-order valence-electron chi connectivity index (χ4n) is 2.05. The highest BCUT2D eigenvalue weighted by Gasteiger charge is 2.23. The van der Waals surface area contributed by atoms with E-state index in [9.17, 15) is 4.79 Å². The Morgan fingerprint density at radius 3 is 3.07 bits per heavy atom. The van der Waals surface area contributed by atoms with Gasteiger partial charge < -0.3 is 10.6 Å². The second-order valence-corrected chi connectivity index (χ2v) is 5.44. The molecular weight excluding hydrogens is 196 g/mol. The number of piperidine rings is 1. The van der Waals surface area contributed by atoms with Gasteiger partial charge >= 0.3 is 0 Å². The summed E-state index contributed by atoms with van der Waals surface area (Å²) in [6.07, 6.45) is 4.77. The molecule has 2 aliphatic heterocycles. The summed E-state index contributed by atoms with van der Waals surface area (Å²) in [5.41, 5.74) is 0. The topological polar surface area (TPSA) is 41.1 Å². The van der Waals surface area contributed by atoms with Gasteiger partial charge in [-0.05, 0) is 31.4 Å². The van der Waals surface area contributed by atoms with E-state index in [-0.39, 0.29) is 11.9 Å². The lowest BCUT2D eigenvalue weighted by Crippen LogP contribution is -2.49. The summed E-state index contributed by atoms with van der Waals surface area (Å²) in [6.45, 7) is 1.86. The lowest BCUT2D eigenvalue weighted by Gasteiger charge is -2.24. The molecule has 14 heavy (non-hydrogen) atoms. The smallest absolute Gasteiger partial charge is 0.237 e. The lowest BCUT2D eigenvalue weighted by molar-refractivity contribution is -0.124. The first-order valence-electron chi connectivity index (χ1n) is 5.49. The van der Waals surface area contributed by atoms with E-state index in [4.69, 9.17) is 0 Å². The highest BCUT2D eigenvalue weighted by molar-refractivity contribution is 8.00. The van der Waals surface area contributed by atoms with E-state index >= 15 is 0 Å². The Morgan fingerprint density at radius 2 is 2.36 bits per heavy atom. The SMILES string of the molecule is O=C1NCCCC1NCC1CCCS1. The summed E-state index contributed by atoms with van der Waals surface area (Å²) in [5, 5.41) is 7.02. The van der Waals surface area contributed by atoms with Gasteiger partial charge in [0.15, 0.2) is 0 Å². The fourth-order valence-corrected chi connectivity index (χ4v) is 3.26. The highest BCUT2D eigenvalue weighted by Crippen LogP contribution is 2.25. The minimum Gasteiger partial charge on any atom is -0.355 e. The van der Waals surface area contributed by atoms with Crippen LogP contribution in [0.15, 0.2) is 0 Å². The Labute approximate surface area is 89.4 Å². The standard InChI is InChI=1S/C10H18N2OS/c13-10-9(4-1-5-11-10)12-7-8-3-2-6-14-8/h8-9,12H,1-7H2,(H,11,13). The average Bonchev–Trinajstić information content (AvgIpc) is 2.69. The summed E-state index contributed by atoms with van der Waals surface area (Å²) in [6, 6.07) is 0.0740. The average molecular weight is 214 g/mol. The molecule has 2 saturated heterocycles. The van der Waals surface area contributed by atoms with Gasteiger partial charge in [0, 0.05) is 18.3 Å². The van der Waals surface area contributed by atoms with E-state index in [0.717, 1.165) is 31.2 Å². The van der Waals surface area contributed by atoms with Crippen molar-refractivity contribution in [2.24, 2.45) is 0 Å². The molecule has 2 rings (SSSR count). The monoisotopic (exact) mass is 214 g/mol. The summed E-state index contributed by atoms with van der Waals surface area (Å²) < 4.78 is 0. The minimum atomic E-state index is 0.0740. The first-order valence-corrected chi connectivity index (χ1v) is 6.54. The van der Waals surface area contributed by atoms with Gasteiger partial charge in [0.25, 0.3) is 0 Å². The van der Waals surface area contributed by atoms with Crippen LogP contribution in [0.2, 0.25) is 0 Å². The number of rotatable bonds is 3. The Balaban J connectivity index is 1.70. The first-order chi connectivity index (χ1) is 6.86. The van der Waals surface area contributed by atoms with E-state index in [1.54, 1.807) is 0 Å². The molecule has 0 aromatic heterocycles. The maximum atomic E-state index is 11.4. The Kier molecular flexibility index (Phi) is 3.70. The molecule has 0 radical (unpaired) electrons. The molecule has 0 saturated carbocycles. The summed E-state index contributed by atoms with van der Waals surface area (Å²) in [7, 11) is 0. The van der Waals surface area contributed by atoms with Crippen LogP contribution < -0.4 is 10.6 Å². The van der Waals surface area contributed by atoms with E-state index in [2.05, 4.69) is 10.6 Å². The van der Waals surface area contributed by atoms with E-state index in [1.165, 1.54) is 18.6 Å². The van der Waals surface area contributed by atoms with Crippen molar-refractivity contribution < 1.29 is 4.79 Å². The van der Waals surface area contributed by atoms with Gasteiger partial charge in [0.1, 0.15) is 0 Å². The fraction of sp³-hybridized carbons (Fsp3) is 0.900. The van der Waals surface area contributed by atoms with Crippen LogP contribution >= 0.6 is 11.8 Å². The van der Waals surface area contributed by atoms with Crippen LogP contribution in [0.4, 0.5) is 0 Å². The zero-order valence-corrected chi connectivity index (χ0v) is 9.24. The van der Waals surface area contributed by atoms with Crippen LogP contribution in [-0.4, -0.2) is 36.0 Å². The van der Waals surface area contributed by atoms with Gasteiger partial charge in [0.05, 0.1) is 6.04 Å². The molecule has 0 bridgehead atoms. The van der Waals surface area contributed by atoms with Crippen LogP contribution in [0, 0.1) is 0 Å². The van der Waals surface area contributed by atoms with Gasteiger partial charge in [-0.2, -0.15) is 11.8 Å². The molecule has 2 fully saturated rings. The molecule has 2 heterocycles. The van der Waals surface area contributed by atoms with Gasteiger partial charge in [-0.15, -0.1) is 0 Å². The number of thioether (sulfide) groups is 1. The third-order valence-electron chi connectivity index (χ3n) is 2.90. The van der Waals surface area contributed by atoms with Crippen molar-refractivity contribution in [3.8, 4) is 0 Å². The molecule has 0 aromatic rings. The molecule has 0 spiro atoms. The number of amides is 1. The molecule has 2 aliphatic rings. The van der Waals surface area contributed by atoms with Crippen LogP contribution in [0.5, 0.6) is 0 Å². The third kappa shape index (κ3) is 2.64. The van der Waals surface area contributed by atoms with E-state index < -0.39 is 0 Å². The van der Waals surface area contributed by atoms with Crippen molar-refractivity contribution in [2.45, 2.75) is 37.0 Å². The van der Waals surface area contributed by atoms with Crippen molar-refractivity contribution in [3.63, 3.8) is 0 Å². The highest BCUT2D eigenvalue weighted by atomic mass is 32.2. The summed E-state index contributed by atoms with van der Waals surface area (Å²) >= 11 is 2.04. The number of hydrogen-bond acceptors (Lipinski definition) is 3. The predicted molar refractivity (Wildman–Crippen MR) is 59.5 cm³/mol. The predicted octanol–water partition coefficient (Wildman–Crippen LogP) is 0.750. The molecule has 0 aliphatic carbocycles. The van der Waals surface area contributed by atoms with Crippen molar-refractivity contribution in [3.05, 3.63) is 0 Å². The van der Waals surface area contributed by atoms with Crippen molar-refractivity contribution >= 4 is 17.7 Å². The zero-order valence-electron chi connectivity index (χ0n) is 8.42. The van der Waals surface area contributed by atoms with Crippen LogP contribution in [0.25, 0.3) is 0 Å². The third-order valence-corrected chi connectivity index (χ3v) is 4.30. The molecule has 1 amide bonds. The molecular formula is C10H18N2OS. The van der Waals surface area contributed by atoms with E-state index in [1.807, 2.05) is 11.8 Å². The molecule has 2 atom stereocenters. The largest absolute Gasteiger partial charge is 0.355 e. The lowest BCUT2D eigenvalue weighted by atomic mass is 10.1. The quantitative estimate of drug-likeness (QED) is 0.728. The van der Waals surface area contributed by atoms with Crippen molar-refractivity contribution in [1.29, 1.82) is 0 Å². The van der Waals surface area contributed by atoms with Gasteiger partial charge in [-0.1, -0.05) is 0 Å². The Hall–Kier alpha value is -0.220. The van der Waals surface area contributed by atoms with Crippen molar-refractivity contribution in [2.75, 3.05) is 18.8 Å².